The number of rotatable bonds is 8. The van der Waals surface area contributed by atoms with E-state index in [1.54, 1.807) is 0 Å². The van der Waals surface area contributed by atoms with Crippen LogP contribution in [0.1, 0.15) is 51.1 Å². The lowest BCUT2D eigenvalue weighted by Crippen LogP contribution is -2.24. The van der Waals surface area contributed by atoms with E-state index in [0.29, 0.717) is 12.0 Å². The molecule has 0 bridgehead atoms. The van der Waals surface area contributed by atoms with Gasteiger partial charge in [0.2, 0.25) is 0 Å². The maximum Gasteiger partial charge on any atom is 0.124 e. The number of nitrogens with one attached hydrogen (secondary N) is 1. The maximum absolute atomic E-state index is 6.14. The van der Waals surface area contributed by atoms with E-state index in [1.807, 2.05) is 0 Å². The van der Waals surface area contributed by atoms with E-state index in [0.717, 1.165) is 57.8 Å². The summed E-state index contributed by atoms with van der Waals surface area (Å²) >= 11 is 0. The van der Waals surface area contributed by atoms with Gasteiger partial charge in [-0.3, -0.25) is 0 Å². The van der Waals surface area contributed by atoms with Crippen molar-refractivity contribution in [3.63, 3.8) is 0 Å². The quantitative estimate of drug-likeness (QED) is 0.787. The van der Waals surface area contributed by atoms with Crippen molar-refractivity contribution in [2.24, 2.45) is 5.92 Å². The SMILES string of the molecule is CCCNC(CC)c1ccccc1OCC1CCOCC1. The molecular formula is C18H29NO2. The molecule has 1 atom stereocenters. The molecule has 1 aliphatic heterocycles. The van der Waals surface area contributed by atoms with Gasteiger partial charge in [0.25, 0.3) is 0 Å². The highest BCUT2D eigenvalue weighted by Gasteiger charge is 2.17. The van der Waals surface area contributed by atoms with E-state index in [1.165, 1.54) is 5.56 Å². The Balaban J connectivity index is 1.97. The van der Waals surface area contributed by atoms with E-state index in [2.05, 4.69) is 43.4 Å². The first-order valence-electron chi connectivity index (χ1n) is 8.38. The molecule has 0 saturated carbocycles. The van der Waals surface area contributed by atoms with E-state index >= 15 is 0 Å². The van der Waals surface area contributed by atoms with Crippen molar-refractivity contribution >= 4 is 0 Å². The van der Waals surface area contributed by atoms with Gasteiger partial charge in [-0.2, -0.15) is 0 Å². The maximum atomic E-state index is 6.14. The third-order valence-electron chi connectivity index (χ3n) is 4.16. The Labute approximate surface area is 129 Å². The largest absolute Gasteiger partial charge is 0.493 e. The summed E-state index contributed by atoms with van der Waals surface area (Å²) in [6.45, 7) is 8.05. The minimum atomic E-state index is 0.385. The van der Waals surface area contributed by atoms with Crippen LogP contribution in [0.15, 0.2) is 24.3 Å². The molecule has 118 valence electrons. The van der Waals surface area contributed by atoms with Crippen molar-refractivity contribution < 1.29 is 9.47 Å². The van der Waals surface area contributed by atoms with Crippen molar-refractivity contribution in [1.82, 2.24) is 5.32 Å². The summed E-state index contributed by atoms with van der Waals surface area (Å²) in [4.78, 5) is 0. The lowest BCUT2D eigenvalue weighted by molar-refractivity contribution is 0.0495. The zero-order chi connectivity index (χ0) is 14.9. The zero-order valence-corrected chi connectivity index (χ0v) is 13.4. The first-order chi connectivity index (χ1) is 10.3. The topological polar surface area (TPSA) is 30.5 Å². The molecule has 1 fully saturated rings. The summed E-state index contributed by atoms with van der Waals surface area (Å²) in [5.74, 6) is 1.68. The molecule has 0 spiro atoms. The van der Waals surface area contributed by atoms with Crippen LogP contribution in [-0.2, 0) is 4.74 Å². The third-order valence-corrected chi connectivity index (χ3v) is 4.16. The van der Waals surface area contributed by atoms with E-state index < -0.39 is 0 Å². The van der Waals surface area contributed by atoms with Crippen LogP contribution in [0.2, 0.25) is 0 Å². The van der Waals surface area contributed by atoms with Crippen LogP contribution in [0.3, 0.4) is 0 Å². The van der Waals surface area contributed by atoms with Gasteiger partial charge in [0.15, 0.2) is 0 Å². The summed E-state index contributed by atoms with van der Waals surface area (Å²) in [6.07, 6.45) is 4.47. The van der Waals surface area contributed by atoms with Crippen molar-refractivity contribution in [2.75, 3.05) is 26.4 Å². The fraction of sp³-hybridized carbons (Fsp3) is 0.667. The van der Waals surface area contributed by atoms with Gasteiger partial charge in [-0.25, -0.2) is 0 Å². The fourth-order valence-corrected chi connectivity index (χ4v) is 2.81. The summed E-state index contributed by atoms with van der Waals surface area (Å²) in [5, 5.41) is 3.61. The van der Waals surface area contributed by atoms with E-state index in [4.69, 9.17) is 9.47 Å². The van der Waals surface area contributed by atoms with Crippen LogP contribution in [-0.4, -0.2) is 26.4 Å². The summed E-state index contributed by atoms with van der Waals surface area (Å²) in [7, 11) is 0. The Morgan fingerprint density at radius 2 is 2.00 bits per heavy atom. The molecule has 0 aromatic heterocycles. The predicted molar refractivity (Wildman–Crippen MR) is 86.8 cm³/mol. The summed E-state index contributed by atoms with van der Waals surface area (Å²) < 4.78 is 11.6. The molecule has 0 amide bonds. The van der Waals surface area contributed by atoms with Gasteiger partial charge in [-0.05, 0) is 44.2 Å². The van der Waals surface area contributed by atoms with Gasteiger partial charge in [-0.15, -0.1) is 0 Å². The number of hydrogen-bond acceptors (Lipinski definition) is 3. The smallest absolute Gasteiger partial charge is 0.124 e. The Morgan fingerprint density at radius 1 is 1.24 bits per heavy atom. The molecule has 1 aromatic rings. The average Bonchev–Trinajstić information content (AvgIpc) is 2.55. The second-order valence-electron chi connectivity index (χ2n) is 5.82. The van der Waals surface area contributed by atoms with Crippen molar-refractivity contribution in [3.8, 4) is 5.75 Å². The molecule has 3 heteroatoms. The van der Waals surface area contributed by atoms with Gasteiger partial charge in [0, 0.05) is 24.8 Å². The first kappa shape index (κ1) is 16.3. The lowest BCUT2D eigenvalue weighted by Gasteiger charge is -2.24. The highest BCUT2D eigenvalue weighted by atomic mass is 16.5. The van der Waals surface area contributed by atoms with Crippen LogP contribution < -0.4 is 10.1 Å². The molecule has 1 aliphatic rings. The molecule has 0 aliphatic carbocycles. The second kappa shape index (κ2) is 9.06. The Bertz CT molecular complexity index is 402. The van der Waals surface area contributed by atoms with Gasteiger partial charge >= 0.3 is 0 Å². The Morgan fingerprint density at radius 3 is 2.71 bits per heavy atom. The van der Waals surface area contributed by atoms with Crippen LogP contribution in [0.25, 0.3) is 0 Å². The van der Waals surface area contributed by atoms with Crippen molar-refractivity contribution in [2.45, 2.75) is 45.6 Å². The Hall–Kier alpha value is -1.06. The minimum Gasteiger partial charge on any atom is -0.493 e. The van der Waals surface area contributed by atoms with Gasteiger partial charge in [-0.1, -0.05) is 32.0 Å². The normalized spacial score (nSPS) is 17.6. The lowest BCUT2D eigenvalue weighted by atomic mass is 10.0. The third kappa shape index (κ3) is 5.01. The van der Waals surface area contributed by atoms with Crippen molar-refractivity contribution in [3.05, 3.63) is 29.8 Å². The molecule has 1 N–H and O–H groups in total. The van der Waals surface area contributed by atoms with Crippen LogP contribution in [0, 0.1) is 5.92 Å². The van der Waals surface area contributed by atoms with Crippen molar-refractivity contribution in [1.29, 1.82) is 0 Å². The standard InChI is InChI=1S/C18H29NO2/c1-3-11-19-17(4-2)16-7-5-6-8-18(16)21-14-15-9-12-20-13-10-15/h5-8,15,17,19H,3-4,9-14H2,1-2H3. The summed E-state index contributed by atoms with van der Waals surface area (Å²) in [6, 6.07) is 8.85. The number of benzene rings is 1. The fourth-order valence-electron chi connectivity index (χ4n) is 2.81. The van der Waals surface area contributed by atoms with Gasteiger partial charge in [0.1, 0.15) is 5.75 Å². The predicted octanol–water partition coefficient (Wildman–Crippen LogP) is 3.94. The van der Waals surface area contributed by atoms with Crippen LogP contribution >= 0.6 is 0 Å². The Kier molecular flexibility index (Phi) is 7.04. The molecule has 1 heterocycles. The number of para-hydroxylation sites is 1. The first-order valence-corrected chi connectivity index (χ1v) is 8.38. The molecule has 0 radical (unpaired) electrons. The summed E-state index contributed by atoms with van der Waals surface area (Å²) in [5.41, 5.74) is 1.29. The molecule has 1 saturated heterocycles. The monoisotopic (exact) mass is 291 g/mol. The van der Waals surface area contributed by atoms with E-state index in [-0.39, 0.29) is 0 Å². The highest BCUT2D eigenvalue weighted by molar-refractivity contribution is 5.36. The number of ether oxygens (including phenoxy) is 2. The van der Waals surface area contributed by atoms with Gasteiger partial charge < -0.3 is 14.8 Å². The number of hydrogen-bond donors (Lipinski definition) is 1. The van der Waals surface area contributed by atoms with E-state index in [9.17, 15) is 0 Å². The van der Waals surface area contributed by atoms with Crippen LogP contribution in [0.4, 0.5) is 0 Å². The molecule has 3 nitrogen and oxygen atoms in total. The van der Waals surface area contributed by atoms with Gasteiger partial charge in [0.05, 0.1) is 6.61 Å². The molecular weight excluding hydrogens is 262 g/mol. The molecule has 21 heavy (non-hydrogen) atoms. The average molecular weight is 291 g/mol. The zero-order valence-electron chi connectivity index (χ0n) is 13.4. The molecule has 1 aromatic carbocycles. The minimum absolute atomic E-state index is 0.385. The molecule has 1 unspecified atom stereocenters. The molecule has 2 rings (SSSR count). The highest BCUT2D eigenvalue weighted by Crippen LogP contribution is 2.28. The van der Waals surface area contributed by atoms with Crippen LogP contribution in [0.5, 0.6) is 5.75 Å². The second-order valence-corrected chi connectivity index (χ2v) is 5.82.